The van der Waals surface area contributed by atoms with E-state index in [0.717, 1.165) is 11.6 Å². The summed E-state index contributed by atoms with van der Waals surface area (Å²) in [4.78, 5) is 0. The third-order valence-electron chi connectivity index (χ3n) is 1.87. The van der Waals surface area contributed by atoms with Gasteiger partial charge in [-0.15, -0.1) is 0 Å². The van der Waals surface area contributed by atoms with Crippen LogP contribution in [0.1, 0.15) is 0 Å². The fourth-order valence-corrected chi connectivity index (χ4v) is 1.90. The summed E-state index contributed by atoms with van der Waals surface area (Å²) in [7, 11) is -1.94. The number of rotatable bonds is 3. The molecule has 1 aromatic carbocycles. The van der Waals surface area contributed by atoms with Crippen LogP contribution in [0.2, 0.25) is 0 Å². The quantitative estimate of drug-likeness (QED) is 0.798. The molecule has 0 bridgehead atoms. The first kappa shape index (κ1) is 10.7. The molecule has 0 fully saturated rings. The Kier molecular flexibility index (Phi) is 2.66. The first-order valence-electron chi connectivity index (χ1n) is 4.43. The zero-order valence-electron chi connectivity index (χ0n) is 8.45. The molecule has 0 atom stereocenters. The minimum atomic E-state index is -3.48. The molecular formula is C10H9NO4S. The van der Waals surface area contributed by atoms with E-state index in [4.69, 9.17) is 9.47 Å². The van der Waals surface area contributed by atoms with E-state index in [-0.39, 0.29) is 5.76 Å². The van der Waals surface area contributed by atoms with Gasteiger partial charge in [0.05, 0.1) is 18.7 Å². The van der Waals surface area contributed by atoms with Crippen molar-refractivity contribution in [3.63, 3.8) is 0 Å². The van der Waals surface area contributed by atoms with Crippen LogP contribution in [-0.4, -0.2) is 21.7 Å². The fraction of sp³-hybridized carbons (Fsp3) is 0.100. The van der Waals surface area contributed by atoms with E-state index in [1.807, 2.05) is 0 Å². The normalized spacial score (nSPS) is 16.9. The molecule has 0 amide bonds. The molecule has 1 aliphatic heterocycles. The summed E-state index contributed by atoms with van der Waals surface area (Å²) in [6.45, 7) is 0. The first-order valence-corrected chi connectivity index (χ1v) is 5.93. The van der Waals surface area contributed by atoms with Gasteiger partial charge >= 0.3 is 0 Å². The van der Waals surface area contributed by atoms with Crippen LogP contribution >= 0.6 is 0 Å². The highest BCUT2D eigenvalue weighted by atomic mass is 32.2. The largest absolute Gasteiger partial charge is 0.497 e. The van der Waals surface area contributed by atoms with Crippen LogP contribution in [0.5, 0.6) is 11.5 Å². The van der Waals surface area contributed by atoms with E-state index in [0.29, 0.717) is 11.5 Å². The molecule has 1 aliphatic rings. The molecule has 6 heteroatoms. The van der Waals surface area contributed by atoms with E-state index in [9.17, 15) is 8.42 Å². The fourth-order valence-electron chi connectivity index (χ4n) is 1.18. The van der Waals surface area contributed by atoms with Gasteiger partial charge < -0.3 is 9.47 Å². The number of hydrogen-bond donors (Lipinski definition) is 0. The summed E-state index contributed by atoms with van der Waals surface area (Å²) in [6, 6.07) is 6.86. The molecule has 1 aromatic rings. The maximum absolute atomic E-state index is 11.0. The Balaban J connectivity index is 2.20. The van der Waals surface area contributed by atoms with Crippen LogP contribution in [0.4, 0.5) is 0 Å². The molecule has 0 spiro atoms. The summed E-state index contributed by atoms with van der Waals surface area (Å²) in [5.41, 5.74) is 0. The Bertz CT molecular complexity index is 560. The van der Waals surface area contributed by atoms with Crippen LogP contribution in [0.15, 0.2) is 39.8 Å². The highest BCUT2D eigenvalue weighted by molar-refractivity contribution is 7.93. The number of benzene rings is 1. The zero-order chi connectivity index (χ0) is 11.6. The number of hydrogen-bond acceptors (Lipinski definition) is 4. The van der Waals surface area contributed by atoms with Crippen molar-refractivity contribution >= 4 is 16.2 Å². The van der Waals surface area contributed by atoms with Gasteiger partial charge in [-0.05, 0) is 12.1 Å². The molecule has 0 radical (unpaired) electrons. The van der Waals surface area contributed by atoms with Crippen molar-refractivity contribution in [2.24, 2.45) is 4.40 Å². The molecule has 0 N–H and O–H groups in total. The summed E-state index contributed by atoms with van der Waals surface area (Å²) in [5, 5.41) is 0.965. The monoisotopic (exact) mass is 239 g/mol. The summed E-state index contributed by atoms with van der Waals surface area (Å²) < 4.78 is 35.6. The van der Waals surface area contributed by atoms with Gasteiger partial charge in [0, 0.05) is 6.07 Å². The standard InChI is InChI=1S/C10H9NO4S/c1-14-8-3-2-4-9(5-8)15-10-6-11-16(12,13)7-10/h2-7H,1H3. The predicted molar refractivity (Wildman–Crippen MR) is 59.1 cm³/mol. The molecule has 84 valence electrons. The second kappa shape index (κ2) is 3.97. The average Bonchev–Trinajstić information content (AvgIpc) is 2.58. The van der Waals surface area contributed by atoms with Crippen molar-refractivity contribution in [2.75, 3.05) is 7.11 Å². The molecule has 16 heavy (non-hydrogen) atoms. The first-order chi connectivity index (χ1) is 7.59. The van der Waals surface area contributed by atoms with E-state index in [1.165, 1.54) is 0 Å². The van der Waals surface area contributed by atoms with Crippen LogP contribution in [-0.2, 0) is 10.0 Å². The van der Waals surface area contributed by atoms with E-state index in [2.05, 4.69) is 4.40 Å². The lowest BCUT2D eigenvalue weighted by Crippen LogP contribution is -1.94. The van der Waals surface area contributed by atoms with E-state index in [1.54, 1.807) is 31.4 Å². The molecule has 0 aromatic heterocycles. The number of ether oxygens (including phenoxy) is 2. The summed E-state index contributed by atoms with van der Waals surface area (Å²) in [5.74, 6) is 1.32. The van der Waals surface area contributed by atoms with Gasteiger partial charge in [0.1, 0.15) is 11.5 Å². The van der Waals surface area contributed by atoms with Crippen molar-refractivity contribution in [3.8, 4) is 11.5 Å². The van der Waals surface area contributed by atoms with Gasteiger partial charge in [-0.2, -0.15) is 12.8 Å². The lowest BCUT2D eigenvalue weighted by Gasteiger charge is -2.05. The average molecular weight is 239 g/mol. The number of nitrogens with zero attached hydrogens (tertiary/aromatic N) is 1. The van der Waals surface area contributed by atoms with Gasteiger partial charge in [0.15, 0.2) is 5.76 Å². The Labute approximate surface area is 93.1 Å². The third-order valence-corrected chi connectivity index (χ3v) is 2.80. The third kappa shape index (κ3) is 2.40. The highest BCUT2D eigenvalue weighted by Crippen LogP contribution is 2.22. The van der Waals surface area contributed by atoms with Gasteiger partial charge in [-0.1, -0.05) is 6.07 Å². The topological polar surface area (TPSA) is 65.0 Å². The number of sulfonamides is 1. The smallest absolute Gasteiger partial charge is 0.279 e. The lowest BCUT2D eigenvalue weighted by atomic mass is 10.3. The van der Waals surface area contributed by atoms with Crippen molar-refractivity contribution in [3.05, 3.63) is 35.4 Å². The van der Waals surface area contributed by atoms with Crippen molar-refractivity contribution < 1.29 is 17.9 Å². The summed E-state index contributed by atoms with van der Waals surface area (Å²) in [6.07, 6.45) is 1.16. The summed E-state index contributed by atoms with van der Waals surface area (Å²) >= 11 is 0. The maximum atomic E-state index is 11.0. The van der Waals surface area contributed by atoms with Crippen molar-refractivity contribution in [1.29, 1.82) is 0 Å². The van der Waals surface area contributed by atoms with Gasteiger partial charge in [-0.3, -0.25) is 0 Å². The molecular weight excluding hydrogens is 230 g/mol. The Morgan fingerprint density at radius 2 is 2.00 bits per heavy atom. The molecule has 1 heterocycles. The van der Waals surface area contributed by atoms with Crippen molar-refractivity contribution in [2.45, 2.75) is 0 Å². The molecule has 0 saturated heterocycles. The number of methoxy groups -OCH3 is 1. The van der Waals surface area contributed by atoms with Crippen LogP contribution in [0, 0.1) is 0 Å². The van der Waals surface area contributed by atoms with Gasteiger partial charge in [-0.25, -0.2) is 0 Å². The van der Waals surface area contributed by atoms with E-state index >= 15 is 0 Å². The van der Waals surface area contributed by atoms with Crippen molar-refractivity contribution in [1.82, 2.24) is 0 Å². The molecule has 5 nitrogen and oxygen atoms in total. The second-order valence-electron chi connectivity index (χ2n) is 3.05. The minimum Gasteiger partial charge on any atom is -0.497 e. The predicted octanol–water partition coefficient (Wildman–Crippen LogP) is 1.33. The Hall–Kier alpha value is -1.82. The van der Waals surface area contributed by atoms with Crippen LogP contribution in [0.25, 0.3) is 0 Å². The molecule has 0 saturated carbocycles. The highest BCUT2D eigenvalue weighted by Gasteiger charge is 2.14. The maximum Gasteiger partial charge on any atom is 0.279 e. The van der Waals surface area contributed by atoms with Gasteiger partial charge in [0.2, 0.25) is 0 Å². The zero-order valence-corrected chi connectivity index (χ0v) is 9.27. The lowest BCUT2D eigenvalue weighted by molar-refractivity contribution is 0.406. The van der Waals surface area contributed by atoms with Crippen LogP contribution < -0.4 is 9.47 Å². The number of allylic oxidation sites excluding steroid dienone is 1. The van der Waals surface area contributed by atoms with Crippen LogP contribution in [0.3, 0.4) is 0 Å². The Morgan fingerprint density at radius 1 is 1.25 bits per heavy atom. The SMILES string of the molecule is COc1cccc(OC2=CS(=O)(=O)N=C2)c1. The molecule has 0 unspecified atom stereocenters. The Morgan fingerprint density at radius 3 is 2.62 bits per heavy atom. The molecule has 0 aliphatic carbocycles. The van der Waals surface area contributed by atoms with E-state index < -0.39 is 10.0 Å². The van der Waals surface area contributed by atoms with Gasteiger partial charge in [0.25, 0.3) is 10.0 Å². The molecule has 2 rings (SSSR count). The minimum absolute atomic E-state index is 0.188. The second-order valence-corrected chi connectivity index (χ2v) is 4.53.